The highest BCUT2D eigenvalue weighted by Gasteiger charge is 2.23. The van der Waals surface area contributed by atoms with Gasteiger partial charge in [-0.05, 0) is 89.6 Å². The third-order valence-corrected chi connectivity index (χ3v) is 6.26. The third kappa shape index (κ3) is 4.45. The van der Waals surface area contributed by atoms with Gasteiger partial charge in [0.15, 0.2) is 11.6 Å². The molecule has 0 spiro atoms. The number of unbranched alkanes of at least 4 members (excludes halogenated alkanes) is 2. The van der Waals surface area contributed by atoms with E-state index in [1.54, 1.807) is 12.1 Å². The molecule has 0 nitrogen and oxygen atoms in total. The molecule has 0 heterocycles. The number of hydrogen-bond donors (Lipinski definition) is 0. The minimum absolute atomic E-state index is 0.0872. The highest BCUT2D eigenvalue weighted by Crippen LogP contribution is 2.36. The fraction of sp³-hybridized carbons (Fsp3) is 0.333. The van der Waals surface area contributed by atoms with E-state index in [4.69, 9.17) is 0 Å². The lowest BCUT2D eigenvalue weighted by Crippen LogP contribution is -2.14. The van der Waals surface area contributed by atoms with Gasteiger partial charge in [0.25, 0.3) is 0 Å². The minimum atomic E-state index is -0.835. The first-order valence-corrected chi connectivity index (χ1v) is 10.9. The lowest BCUT2D eigenvalue weighted by Gasteiger charge is -2.26. The molecule has 0 fully saturated rings. The molecule has 1 aliphatic carbocycles. The Balaban J connectivity index is 1.50. The van der Waals surface area contributed by atoms with Gasteiger partial charge in [-0.25, -0.2) is 13.2 Å². The largest absolute Gasteiger partial charge is 0.207 e. The van der Waals surface area contributed by atoms with Crippen LogP contribution >= 0.6 is 0 Å². The van der Waals surface area contributed by atoms with Gasteiger partial charge >= 0.3 is 0 Å². The average molecular weight is 409 g/mol. The quantitative estimate of drug-likeness (QED) is 0.365. The van der Waals surface area contributed by atoms with E-state index < -0.39 is 11.6 Å². The van der Waals surface area contributed by atoms with Crippen molar-refractivity contribution >= 4 is 0 Å². The van der Waals surface area contributed by atoms with Crippen LogP contribution in [0.2, 0.25) is 0 Å². The highest BCUT2D eigenvalue weighted by atomic mass is 19.2. The van der Waals surface area contributed by atoms with E-state index in [-0.39, 0.29) is 11.7 Å². The summed E-state index contributed by atoms with van der Waals surface area (Å²) in [5, 5.41) is 0. The van der Waals surface area contributed by atoms with Gasteiger partial charge in [0.2, 0.25) is 0 Å². The Morgan fingerprint density at radius 2 is 1.57 bits per heavy atom. The maximum Gasteiger partial charge on any atom is 0.159 e. The fourth-order valence-electron chi connectivity index (χ4n) is 4.51. The fourth-order valence-corrected chi connectivity index (χ4v) is 4.51. The van der Waals surface area contributed by atoms with Crippen molar-refractivity contribution in [2.45, 2.75) is 57.8 Å². The van der Waals surface area contributed by atoms with Crippen LogP contribution in [0.5, 0.6) is 0 Å². The molecule has 0 N–H and O–H groups in total. The maximum atomic E-state index is 14.8. The molecule has 1 atom stereocenters. The number of rotatable bonds is 6. The zero-order valence-electron chi connectivity index (χ0n) is 17.4. The van der Waals surface area contributed by atoms with Gasteiger partial charge in [-0.2, -0.15) is 0 Å². The summed E-state index contributed by atoms with van der Waals surface area (Å²) >= 11 is 0. The molecule has 0 bridgehead atoms. The lowest BCUT2D eigenvalue weighted by atomic mass is 9.79. The zero-order valence-corrected chi connectivity index (χ0v) is 17.4. The highest BCUT2D eigenvalue weighted by molar-refractivity contribution is 5.65. The van der Waals surface area contributed by atoms with Crippen LogP contribution in [0, 0.1) is 17.5 Å². The van der Waals surface area contributed by atoms with Gasteiger partial charge in [0.1, 0.15) is 5.82 Å². The molecule has 3 aromatic rings. The second kappa shape index (κ2) is 9.07. The number of halogens is 3. The Morgan fingerprint density at radius 3 is 2.33 bits per heavy atom. The van der Waals surface area contributed by atoms with Crippen molar-refractivity contribution in [3.05, 3.63) is 94.3 Å². The summed E-state index contributed by atoms with van der Waals surface area (Å²) in [4.78, 5) is 0. The van der Waals surface area contributed by atoms with Gasteiger partial charge in [0.05, 0.1) is 0 Å². The van der Waals surface area contributed by atoms with E-state index in [1.165, 1.54) is 30.0 Å². The molecular weight excluding hydrogens is 381 g/mol. The Labute approximate surface area is 176 Å². The van der Waals surface area contributed by atoms with Gasteiger partial charge in [-0.1, -0.05) is 56.2 Å². The van der Waals surface area contributed by atoms with Crippen LogP contribution < -0.4 is 0 Å². The minimum Gasteiger partial charge on any atom is -0.207 e. The predicted octanol–water partition coefficient (Wildman–Crippen LogP) is 7.78. The molecule has 0 radical (unpaired) electrons. The second-order valence-corrected chi connectivity index (χ2v) is 8.37. The summed E-state index contributed by atoms with van der Waals surface area (Å²) in [6, 6.07) is 15.8. The van der Waals surface area contributed by atoms with Crippen LogP contribution in [0.3, 0.4) is 0 Å². The molecule has 30 heavy (non-hydrogen) atoms. The van der Waals surface area contributed by atoms with E-state index >= 15 is 0 Å². The normalized spacial score (nSPS) is 15.8. The molecule has 4 rings (SSSR count). The predicted molar refractivity (Wildman–Crippen MR) is 116 cm³/mol. The molecular formula is C27H27F3. The summed E-state index contributed by atoms with van der Waals surface area (Å²) in [6.45, 7) is 2.17. The first kappa shape index (κ1) is 20.7. The van der Waals surface area contributed by atoms with E-state index in [1.807, 2.05) is 12.1 Å². The summed E-state index contributed by atoms with van der Waals surface area (Å²) in [5.74, 6) is -1.58. The van der Waals surface area contributed by atoms with Crippen LogP contribution in [-0.2, 0) is 19.3 Å². The Morgan fingerprint density at radius 1 is 0.767 bits per heavy atom. The first-order valence-electron chi connectivity index (χ1n) is 10.9. The van der Waals surface area contributed by atoms with Crippen LogP contribution in [0.25, 0.3) is 11.1 Å². The summed E-state index contributed by atoms with van der Waals surface area (Å²) in [7, 11) is 0. The monoisotopic (exact) mass is 408 g/mol. The molecule has 0 aliphatic heterocycles. The van der Waals surface area contributed by atoms with Crippen molar-refractivity contribution in [1.82, 2.24) is 0 Å². The Bertz CT molecular complexity index is 1040. The third-order valence-electron chi connectivity index (χ3n) is 6.26. The van der Waals surface area contributed by atoms with E-state index in [0.717, 1.165) is 54.9 Å². The smallest absolute Gasteiger partial charge is 0.159 e. The summed E-state index contributed by atoms with van der Waals surface area (Å²) in [6.07, 6.45) is 6.93. The van der Waals surface area contributed by atoms with Crippen molar-refractivity contribution < 1.29 is 13.2 Å². The summed E-state index contributed by atoms with van der Waals surface area (Å²) < 4.78 is 41.6. The van der Waals surface area contributed by atoms with Crippen LogP contribution in [-0.4, -0.2) is 0 Å². The van der Waals surface area contributed by atoms with Crippen molar-refractivity contribution in [2.24, 2.45) is 0 Å². The maximum absolute atomic E-state index is 14.8. The van der Waals surface area contributed by atoms with Crippen molar-refractivity contribution in [3.63, 3.8) is 0 Å². The lowest BCUT2D eigenvalue weighted by molar-refractivity contribution is 0.509. The van der Waals surface area contributed by atoms with E-state index in [0.29, 0.717) is 5.56 Å². The molecule has 0 aromatic heterocycles. The number of fused-ring (bicyclic) bond motifs is 1. The molecule has 0 saturated carbocycles. The SMILES string of the molecule is CCCCCc1ccc(C2CCc3cc(-c4ccc(F)c(F)c4)ccc3C2)c(F)c1. The second-order valence-electron chi connectivity index (χ2n) is 8.37. The molecule has 0 amide bonds. The van der Waals surface area contributed by atoms with Gasteiger partial charge in [0, 0.05) is 0 Å². The van der Waals surface area contributed by atoms with E-state index in [2.05, 4.69) is 25.1 Å². The molecule has 1 unspecified atom stereocenters. The number of hydrogen-bond acceptors (Lipinski definition) is 0. The Kier molecular flexibility index (Phi) is 6.26. The van der Waals surface area contributed by atoms with Crippen molar-refractivity contribution in [2.75, 3.05) is 0 Å². The topological polar surface area (TPSA) is 0 Å². The summed E-state index contributed by atoms with van der Waals surface area (Å²) in [5.41, 5.74) is 5.87. The van der Waals surface area contributed by atoms with Gasteiger partial charge in [-0.15, -0.1) is 0 Å². The molecule has 3 heteroatoms. The number of aryl methyl sites for hydroxylation is 2. The molecule has 1 aliphatic rings. The van der Waals surface area contributed by atoms with Crippen molar-refractivity contribution in [1.29, 1.82) is 0 Å². The van der Waals surface area contributed by atoms with Gasteiger partial charge in [-0.3, -0.25) is 0 Å². The number of benzene rings is 3. The first-order chi connectivity index (χ1) is 14.5. The van der Waals surface area contributed by atoms with Crippen LogP contribution in [0.15, 0.2) is 54.6 Å². The zero-order chi connectivity index (χ0) is 21.1. The Hall–Kier alpha value is -2.55. The molecule has 3 aromatic carbocycles. The van der Waals surface area contributed by atoms with Crippen LogP contribution in [0.4, 0.5) is 13.2 Å². The van der Waals surface area contributed by atoms with Crippen molar-refractivity contribution in [3.8, 4) is 11.1 Å². The molecule has 156 valence electrons. The molecule has 0 saturated heterocycles. The standard InChI is InChI=1S/C27H27F3/c1-2-3-4-5-18-6-12-24(26(29)14-18)23-10-9-19-15-20(7-8-21(19)16-23)22-11-13-25(28)27(30)17-22/h6-8,11-15,17,23H,2-5,9-10,16H2,1H3. The average Bonchev–Trinajstić information content (AvgIpc) is 2.75. The van der Waals surface area contributed by atoms with Gasteiger partial charge < -0.3 is 0 Å². The van der Waals surface area contributed by atoms with Crippen LogP contribution in [0.1, 0.15) is 60.8 Å². The van der Waals surface area contributed by atoms with E-state index in [9.17, 15) is 13.2 Å².